The molecule has 1 saturated heterocycles. The Kier molecular flexibility index (Phi) is 7.52. The predicted octanol–water partition coefficient (Wildman–Crippen LogP) is 3.53. The minimum absolute atomic E-state index is 0.0178. The fourth-order valence-electron chi connectivity index (χ4n) is 3.42. The largest absolute Gasteiger partial charge is 0.481 e. The van der Waals surface area contributed by atoms with Crippen LogP contribution in [0, 0.1) is 11.6 Å². The average molecular weight is 471 g/mol. The number of alkyl halides is 3. The van der Waals surface area contributed by atoms with Gasteiger partial charge in [0.05, 0.1) is 17.8 Å². The van der Waals surface area contributed by atoms with Crippen LogP contribution >= 0.6 is 0 Å². The quantitative estimate of drug-likeness (QED) is 0.655. The second-order valence-electron chi connectivity index (χ2n) is 7.53. The van der Waals surface area contributed by atoms with E-state index in [-0.39, 0.29) is 37.0 Å². The van der Waals surface area contributed by atoms with Crippen LogP contribution in [0.2, 0.25) is 0 Å². The van der Waals surface area contributed by atoms with Gasteiger partial charge in [0.2, 0.25) is 5.91 Å². The van der Waals surface area contributed by atoms with Crippen LogP contribution in [0.4, 0.5) is 27.6 Å². The van der Waals surface area contributed by atoms with Gasteiger partial charge in [0.15, 0.2) is 17.7 Å². The standard InChI is InChI=1S/C22H22F5N3O3/c1-14(33-15-6-7-17(23)18(24)12-15)21(32)30-10-8-29(9-11-30)13-20(31)28-19-5-3-2-4-16(19)22(25,26)27/h2-7,12,14H,8-11,13H2,1H3,(H,28,31). The summed E-state index contributed by atoms with van der Waals surface area (Å²) in [6.07, 6.45) is -5.53. The topological polar surface area (TPSA) is 61.9 Å². The van der Waals surface area contributed by atoms with E-state index in [0.717, 1.165) is 18.2 Å². The number of nitrogens with one attached hydrogen (secondary N) is 1. The molecule has 33 heavy (non-hydrogen) atoms. The fraction of sp³-hybridized carbons (Fsp3) is 0.364. The van der Waals surface area contributed by atoms with Gasteiger partial charge in [0, 0.05) is 32.2 Å². The summed E-state index contributed by atoms with van der Waals surface area (Å²) in [5.41, 5.74) is -1.24. The van der Waals surface area contributed by atoms with Gasteiger partial charge in [-0.05, 0) is 31.2 Å². The lowest BCUT2D eigenvalue weighted by Gasteiger charge is -2.35. The normalized spacial score (nSPS) is 15.8. The van der Waals surface area contributed by atoms with E-state index in [4.69, 9.17) is 4.74 Å². The molecule has 1 N–H and O–H groups in total. The average Bonchev–Trinajstić information content (AvgIpc) is 2.76. The Hall–Kier alpha value is -3.21. The van der Waals surface area contributed by atoms with Crippen molar-refractivity contribution >= 4 is 17.5 Å². The lowest BCUT2D eigenvalue weighted by atomic mass is 10.1. The van der Waals surface area contributed by atoms with E-state index in [1.165, 1.54) is 36.1 Å². The second-order valence-corrected chi connectivity index (χ2v) is 7.53. The third-order valence-corrected chi connectivity index (χ3v) is 5.11. The summed E-state index contributed by atoms with van der Waals surface area (Å²) < 4.78 is 70.9. The Morgan fingerprint density at radius 3 is 2.33 bits per heavy atom. The Bertz CT molecular complexity index is 1010. The molecule has 178 valence electrons. The van der Waals surface area contributed by atoms with Crippen LogP contribution in [0.5, 0.6) is 5.75 Å². The molecular formula is C22H22F5N3O3. The third-order valence-electron chi connectivity index (χ3n) is 5.11. The van der Waals surface area contributed by atoms with Crippen molar-refractivity contribution in [2.75, 3.05) is 38.0 Å². The number of amides is 2. The summed E-state index contributed by atoms with van der Waals surface area (Å²) in [6.45, 7) is 2.57. The summed E-state index contributed by atoms with van der Waals surface area (Å²) in [5.74, 6) is -3.05. The number of benzene rings is 2. The van der Waals surface area contributed by atoms with E-state index < -0.39 is 35.4 Å². The first-order valence-electron chi connectivity index (χ1n) is 10.1. The van der Waals surface area contributed by atoms with Crippen LogP contribution in [0.15, 0.2) is 42.5 Å². The summed E-state index contributed by atoms with van der Waals surface area (Å²) in [5, 5.41) is 2.29. The van der Waals surface area contributed by atoms with Gasteiger partial charge in [-0.15, -0.1) is 0 Å². The Morgan fingerprint density at radius 2 is 1.70 bits per heavy atom. The van der Waals surface area contributed by atoms with Crippen molar-refractivity contribution in [3.63, 3.8) is 0 Å². The van der Waals surface area contributed by atoms with Gasteiger partial charge in [-0.1, -0.05) is 12.1 Å². The third kappa shape index (κ3) is 6.41. The Morgan fingerprint density at radius 1 is 1.03 bits per heavy atom. The van der Waals surface area contributed by atoms with Crippen molar-refractivity contribution in [1.82, 2.24) is 9.80 Å². The van der Waals surface area contributed by atoms with Crippen molar-refractivity contribution in [2.45, 2.75) is 19.2 Å². The molecule has 0 aromatic heterocycles. The highest BCUT2D eigenvalue weighted by atomic mass is 19.4. The maximum Gasteiger partial charge on any atom is 0.418 e. The fourth-order valence-corrected chi connectivity index (χ4v) is 3.42. The number of carbonyl (C=O) groups excluding carboxylic acids is 2. The first-order chi connectivity index (χ1) is 15.5. The molecule has 1 aliphatic heterocycles. The van der Waals surface area contributed by atoms with E-state index in [2.05, 4.69) is 5.32 Å². The van der Waals surface area contributed by atoms with Gasteiger partial charge < -0.3 is 15.0 Å². The minimum Gasteiger partial charge on any atom is -0.481 e. The molecule has 1 aliphatic rings. The van der Waals surface area contributed by atoms with Gasteiger partial charge in [0.1, 0.15) is 5.75 Å². The number of anilines is 1. The van der Waals surface area contributed by atoms with Crippen molar-refractivity contribution < 1.29 is 36.3 Å². The molecule has 0 spiro atoms. The molecule has 1 fully saturated rings. The summed E-state index contributed by atoms with van der Waals surface area (Å²) in [6, 6.07) is 7.70. The number of carbonyl (C=O) groups is 2. The number of ether oxygens (including phenoxy) is 1. The monoisotopic (exact) mass is 471 g/mol. The van der Waals surface area contributed by atoms with Crippen LogP contribution < -0.4 is 10.1 Å². The molecule has 0 saturated carbocycles. The predicted molar refractivity (Wildman–Crippen MR) is 110 cm³/mol. The zero-order chi connectivity index (χ0) is 24.2. The molecule has 11 heteroatoms. The smallest absolute Gasteiger partial charge is 0.418 e. The summed E-state index contributed by atoms with van der Waals surface area (Å²) >= 11 is 0. The molecule has 1 heterocycles. The zero-order valence-electron chi connectivity index (χ0n) is 17.7. The molecule has 0 radical (unpaired) electrons. The maximum absolute atomic E-state index is 13.3. The van der Waals surface area contributed by atoms with Gasteiger partial charge in [-0.25, -0.2) is 8.78 Å². The van der Waals surface area contributed by atoms with Gasteiger partial charge in [0.25, 0.3) is 5.91 Å². The van der Waals surface area contributed by atoms with E-state index >= 15 is 0 Å². The molecule has 0 bridgehead atoms. The van der Waals surface area contributed by atoms with Gasteiger partial charge in [-0.2, -0.15) is 13.2 Å². The summed E-state index contributed by atoms with van der Waals surface area (Å²) in [4.78, 5) is 28.1. The molecule has 1 atom stereocenters. The number of rotatable bonds is 6. The van der Waals surface area contributed by atoms with Crippen molar-refractivity contribution in [3.8, 4) is 5.75 Å². The number of hydrogen-bond acceptors (Lipinski definition) is 4. The zero-order valence-corrected chi connectivity index (χ0v) is 17.7. The number of hydrogen-bond donors (Lipinski definition) is 1. The van der Waals surface area contributed by atoms with Crippen molar-refractivity contribution in [1.29, 1.82) is 0 Å². The van der Waals surface area contributed by atoms with Gasteiger partial charge in [-0.3, -0.25) is 14.5 Å². The lowest BCUT2D eigenvalue weighted by molar-refractivity contribution is -0.139. The van der Waals surface area contributed by atoms with Gasteiger partial charge >= 0.3 is 6.18 Å². The van der Waals surface area contributed by atoms with Crippen LogP contribution in [0.1, 0.15) is 12.5 Å². The number of halogens is 5. The highest BCUT2D eigenvalue weighted by Gasteiger charge is 2.34. The molecule has 2 amide bonds. The number of para-hydroxylation sites is 1. The van der Waals surface area contributed by atoms with Crippen LogP contribution in [-0.2, 0) is 15.8 Å². The Balaban J connectivity index is 1.49. The highest BCUT2D eigenvalue weighted by Crippen LogP contribution is 2.34. The molecule has 1 unspecified atom stereocenters. The number of piperazine rings is 1. The van der Waals surface area contributed by atoms with E-state index in [1.54, 1.807) is 4.90 Å². The van der Waals surface area contributed by atoms with E-state index in [0.29, 0.717) is 13.1 Å². The van der Waals surface area contributed by atoms with Crippen LogP contribution in [0.3, 0.4) is 0 Å². The van der Waals surface area contributed by atoms with Crippen molar-refractivity contribution in [3.05, 3.63) is 59.7 Å². The molecular weight excluding hydrogens is 449 g/mol. The molecule has 3 rings (SSSR count). The lowest BCUT2D eigenvalue weighted by Crippen LogP contribution is -2.53. The Labute approximate surface area is 186 Å². The van der Waals surface area contributed by atoms with E-state index in [9.17, 15) is 31.5 Å². The molecule has 0 aliphatic carbocycles. The number of nitrogens with zero attached hydrogens (tertiary/aromatic N) is 2. The van der Waals surface area contributed by atoms with Crippen LogP contribution in [0.25, 0.3) is 0 Å². The molecule has 2 aromatic rings. The second kappa shape index (κ2) is 10.2. The minimum atomic E-state index is -4.59. The van der Waals surface area contributed by atoms with Crippen molar-refractivity contribution in [2.24, 2.45) is 0 Å². The summed E-state index contributed by atoms with van der Waals surface area (Å²) in [7, 11) is 0. The van der Waals surface area contributed by atoms with E-state index in [1.807, 2.05) is 0 Å². The first-order valence-corrected chi connectivity index (χ1v) is 10.1. The molecule has 6 nitrogen and oxygen atoms in total. The highest BCUT2D eigenvalue weighted by molar-refractivity contribution is 5.93. The first kappa shape index (κ1) is 24.4. The SMILES string of the molecule is CC(Oc1ccc(F)c(F)c1)C(=O)N1CCN(CC(=O)Nc2ccccc2C(F)(F)F)CC1. The molecule has 2 aromatic carbocycles. The maximum atomic E-state index is 13.3. The van der Waals surface area contributed by atoms with Crippen LogP contribution in [-0.4, -0.2) is 60.4 Å².